The number of hydrogen-bond donors (Lipinski definition) is 1. The van der Waals surface area contributed by atoms with E-state index in [0.29, 0.717) is 28.4 Å². The smallest absolute Gasteiger partial charge is 0.231 e. The number of ether oxygens (including phenoxy) is 3. The Morgan fingerprint density at radius 3 is 2.85 bits per heavy atom. The molecule has 104 valence electrons. The van der Waals surface area contributed by atoms with Crippen LogP contribution in [0.25, 0.3) is 0 Å². The molecular weight excluding hydrogens is 265 g/mol. The molecular formula is C14H12FNO4. The maximum atomic E-state index is 13.2. The Balaban J connectivity index is 2.02. The molecule has 1 aliphatic heterocycles. The van der Waals surface area contributed by atoms with E-state index >= 15 is 0 Å². The molecule has 0 amide bonds. The van der Waals surface area contributed by atoms with Crippen molar-refractivity contribution in [2.75, 3.05) is 13.9 Å². The van der Waals surface area contributed by atoms with Crippen LogP contribution in [0.5, 0.6) is 17.2 Å². The fourth-order valence-corrected chi connectivity index (χ4v) is 2.08. The quantitative estimate of drug-likeness (QED) is 0.930. The van der Waals surface area contributed by atoms with Gasteiger partial charge >= 0.3 is 0 Å². The van der Waals surface area contributed by atoms with Gasteiger partial charge in [0.1, 0.15) is 11.9 Å². The Kier molecular flexibility index (Phi) is 3.15. The second-order valence-corrected chi connectivity index (χ2v) is 4.30. The predicted octanol–water partition coefficient (Wildman–Crippen LogP) is 2.04. The zero-order valence-corrected chi connectivity index (χ0v) is 10.7. The average molecular weight is 277 g/mol. The maximum Gasteiger partial charge on any atom is 0.231 e. The second-order valence-electron chi connectivity index (χ2n) is 4.30. The van der Waals surface area contributed by atoms with Gasteiger partial charge < -0.3 is 19.3 Å². The molecule has 5 nitrogen and oxygen atoms in total. The van der Waals surface area contributed by atoms with Gasteiger partial charge in [-0.2, -0.15) is 0 Å². The lowest BCUT2D eigenvalue weighted by Gasteiger charge is -2.13. The van der Waals surface area contributed by atoms with Crippen LogP contribution in [-0.4, -0.2) is 24.0 Å². The first-order valence-electron chi connectivity index (χ1n) is 5.95. The van der Waals surface area contributed by atoms with Crippen LogP contribution in [-0.2, 0) is 0 Å². The first-order valence-corrected chi connectivity index (χ1v) is 5.95. The van der Waals surface area contributed by atoms with Gasteiger partial charge in [0, 0.05) is 11.8 Å². The molecule has 1 unspecified atom stereocenters. The summed E-state index contributed by atoms with van der Waals surface area (Å²) in [6, 6.07) is 4.50. The number of pyridine rings is 1. The summed E-state index contributed by atoms with van der Waals surface area (Å²) in [7, 11) is 1.50. The van der Waals surface area contributed by atoms with Crippen molar-refractivity contribution in [3.8, 4) is 17.2 Å². The lowest BCUT2D eigenvalue weighted by molar-refractivity contribution is 0.171. The molecule has 2 aromatic rings. The van der Waals surface area contributed by atoms with Gasteiger partial charge in [0.15, 0.2) is 11.5 Å². The highest BCUT2D eigenvalue weighted by Gasteiger charge is 2.23. The molecule has 6 heteroatoms. The van der Waals surface area contributed by atoms with Gasteiger partial charge in [0.05, 0.1) is 13.3 Å². The molecule has 1 aromatic heterocycles. The minimum Gasteiger partial charge on any atom is -0.493 e. The van der Waals surface area contributed by atoms with Crippen LogP contribution in [0.2, 0.25) is 0 Å². The number of aliphatic hydroxyl groups is 1. The number of benzene rings is 1. The molecule has 1 N–H and O–H groups in total. The van der Waals surface area contributed by atoms with E-state index in [0.717, 1.165) is 6.20 Å². The number of fused-ring (bicyclic) bond motifs is 1. The third-order valence-corrected chi connectivity index (χ3v) is 3.04. The summed E-state index contributed by atoms with van der Waals surface area (Å²) in [6.45, 7) is 0.104. The van der Waals surface area contributed by atoms with Gasteiger partial charge in [-0.25, -0.2) is 4.39 Å². The van der Waals surface area contributed by atoms with Gasteiger partial charge in [0.2, 0.25) is 12.5 Å². The maximum absolute atomic E-state index is 13.2. The van der Waals surface area contributed by atoms with Gasteiger partial charge in [-0.05, 0) is 23.8 Å². The Hall–Kier alpha value is -2.34. The normalized spacial score (nSPS) is 14.2. The van der Waals surface area contributed by atoms with Crippen LogP contribution in [0, 0.1) is 5.82 Å². The van der Waals surface area contributed by atoms with Crippen molar-refractivity contribution in [1.82, 2.24) is 4.98 Å². The summed E-state index contributed by atoms with van der Waals surface area (Å²) in [5, 5.41) is 10.3. The third-order valence-electron chi connectivity index (χ3n) is 3.04. The van der Waals surface area contributed by atoms with Gasteiger partial charge in [-0.1, -0.05) is 0 Å². The minimum atomic E-state index is -1.03. The van der Waals surface area contributed by atoms with Crippen LogP contribution in [0.15, 0.2) is 30.6 Å². The van der Waals surface area contributed by atoms with Crippen molar-refractivity contribution in [3.63, 3.8) is 0 Å². The highest BCUT2D eigenvalue weighted by molar-refractivity contribution is 5.56. The molecule has 2 heterocycles. The zero-order valence-electron chi connectivity index (χ0n) is 10.7. The fourth-order valence-electron chi connectivity index (χ4n) is 2.08. The van der Waals surface area contributed by atoms with Crippen LogP contribution in [0.4, 0.5) is 4.39 Å². The summed E-state index contributed by atoms with van der Waals surface area (Å²) in [4.78, 5) is 3.72. The van der Waals surface area contributed by atoms with Crippen LogP contribution < -0.4 is 14.2 Å². The predicted molar refractivity (Wildman–Crippen MR) is 67.4 cm³/mol. The number of aliphatic hydroxyl groups excluding tert-OH is 1. The summed E-state index contributed by atoms with van der Waals surface area (Å²) >= 11 is 0. The van der Waals surface area contributed by atoms with Crippen molar-refractivity contribution in [3.05, 3.63) is 47.5 Å². The molecule has 0 radical (unpaired) electrons. The van der Waals surface area contributed by atoms with E-state index < -0.39 is 11.9 Å². The highest BCUT2D eigenvalue weighted by atomic mass is 19.1. The molecule has 1 aliphatic rings. The Morgan fingerprint density at radius 1 is 1.25 bits per heavy atom. The largest absolute Gasteiger partial charge is 0.493 e. The van der Waals surface area contributed by atoms with Crippen LogP contribution >= 0.6 is 0 Å². The lowest BCUT2D eigenvalue weighted by Crippen LogP contribution is -2.01. The molecule has 1 aromatic carbocycles. The fraction of sp³-hybridized carbons (Fsp3) is 0.214. The molecule has 1 atom stereocenters. The first-order chi connectivity index (χ1) is 9.69. The monoisotopic (exact) mass is 277 g/mol. The minimum absolute atomic E-state index is 0.104. The Morgan fingerprint density at radius 2 is 2.10 bits per heavy atom. The zero-order chi connectivity index (χ0) is 14.1. The molecule has 0 saturated heterocycles. The van der Waals surface area contributed by atoms with Gasteiger partial charge in [-0.15, -0.1) is 0 Å². The van der Waals surface area contributed by atoms with E-state index in [4.69, 9.17) is 14.2 Å². The van der Waals surface area contributed by atoms with Crippen molar-refractivity contribution >= 4 is 0 Å². The van der Waals surface area contributed by atoms with Crippen LogP contribution in [0.3, 0.4) is 0 Å². The molecule has 0 spiro atoms. The van der Waals surface area contributed by atoms with Crippen molar-refractivity contribution in [1.29, 1.82) is 0 Å². The van der Waals surface area contributed by atoms with Crippen molar-refractivity contribution in [2.24, 2.45) is 0 Å². The Bertz CT molecular complexity index is 647. The highest BCUT2D eigenvalue weighted by Crippen LogP contribution is 2.43. The third kappa shape index (κ3) is 2.14. The van der Waals surface area contributed by atoms with E-state index in [1.165, 1.54) is 19.4 Å². The van der Waals surface area contributed by atoms with Crippen molar-refractivity contribution < 1.29 is 23.7 Å². The number of methoxy groups -OCH3 is 1. The first kappa shape index (κ1) is 12.7. The van der Waals surface area contributed by atoms with E-state index in [1.807, 2.05) is 0 Å². The van der Waals surface area contributed by atoms with E-state index in [9.17, 15) is 9.50 Å². The second kappa shape index (κ2) is 4.97. The van der Waals surface area contributed by atoms with Gasteiger partial charge in [0.25, 0.3) is 0 Å². The summed E-state index contributed by atoms with van der Waals surface area (Å²) < 4.78 is 28.9. The number of hydrogen-bond acceptors (Lipinski definition) is 5. The standard InChI is InChI=1S/C14H12FNO4/c1-18-11-3-8(4-12-14(11)20-7-19-12)13(17)9-2-10(15)6-16-5-9/h2-6,13,17H,7H2,1H3. The van der Waals surface area contributed by atoms with Gasteiger partial charge in [-0.3, -0.25) is 4.98 Å². The molecule has 3 rings (SSSR count). The van der Waals surface area contributed by atoms with Crippen molar-refractivity contribution in [2.45, 2.75) is 6.10 Å². The molecule has 0 saturated carbocycles. The number of rotatable bonds is 3. The molecule has 0 fully saturated rings. The summed E-state index contributed by atoms with van der Waals surface area (Å²) in [5.41, 5.74) is 0.865. The van der Waals surface area contributed by atoms with E-state index in [-0.39, 0.29) is 6.79 Å². The lowest BCUT2D eigenvalue weighted by atomic mass is 10.0. The molecule has 0 aliphatic carbocycles. The number of aromatic nitrogens is 1. The van der Waals surface area contributed by atoms with E-state index in [1.54, 1.807) is 12.1 Å². The molecule has 20 heavy (non-hydrogen) atoms. The number of nitrogens with zero attached hydrogens (tertiary/aromatic N) is 1. The Labute approximate surface area is 114 Å². The summed E-state index contributed by atoms with van der Waals surface area (Å²) in [5.74, 6) is 0.941. The summed E-state index contributed by atoms with van der Waals surface area (Å²) in [6.07, 6.45) is 1.46. The average Bonchev–Trinajstić information content (AvgIpc) is 2.93. The molecule has 0 bridgehead atoms. The SMILES string of the molecule is COc1cc(C(O)c2cncc(F)c2)cc2c1OCO2. The topological polar surface area (TPSA) is 60.8 Å². The van der Waals surface area contributed by atoms with Crippen LogP contribution in [0.1, 0.15) is 17.2 Å². The number of halogens is 1. The van der Waals surface area contributed by atoms with E-state index in [2.05, 4.69) is 4.98 Å².